The second kappa shape index (κ2) is 9.18. The first-order valence-corrected chi connectivity index (χ1v) is 3.67. The van der Waals surface area contributed by atoms with Gasteiger partial charge in [0.25, 0.3) is 0 Å². The number of aliphatic hydroxyl groups excluding tert-OH is 2. The minimum Gasteiger partial charge on any atom is -0.478 e. The van der Waals surface area contributed by atoms with Gasteiger partial charge in [0.1, 0.15) is 0 Å². The molecule has 78 valence electrons. The lowest BCUT2D eigenvalue weighted by molar-refractivity contribution is -0.132. The van der Waals surface area contributed by atoms with Gasteiger partial charge in [0.05, 0.1) is 6.61 Å². The molecule has 0 rings (SSSR count). The summed E-state index contributed by atoms with van der Waals surface area (Å²) in [5.41, 5.74) is 0.389. The van der Waals surface area contributed by atoms with Crippen LogP contribution in [0.1, 0.15) is 13.8 Å². The fourth-order valence-corrected chi connectivity index (χ4v) is 0.198. The lowest BCUT2D eigenvalue weighted by atomic mass is 10.3. The molecule has 0 aliphatic rings. The van der Waals surface area contributed by atoms with Crippen LogP contribution in [0.15, 0.2) is 11.6 Å². The molecule has 3 N–H and O–H groups in total. The van der Waals surface area contributed by atoms with Gasteiger partial charge in [0, 0.05) is 12.7 Å². The van der Waals surface area contributed by atoms with Crippen molar-refractivity contribution >= 4 is 5.97 Å². The topological polar surface area (TPSA) is 87.0 Å². The number of allylic oxidation sites excluding steroid dienone is 1. The monoisotopic (exact) mass is 192 g/mol. The van der Waals surface area contributed by atoms with Crippen molar-refractivity contribution in [1.82, 2.24) is 0 Å². The van der Waals surface area contributed by atoms with E-state index in [-0.39, 0.29) is 6.61 Å². The highest BCUT2D eigenvalue weighted by molar-refractivity contribution is 5.85. The maximum absolute atomic E-state index is 9.86. The summed E-state index contributed by atoms with van der Waals surface area (Å²) in [6, 6.07) is 0. The van der Waals surface area contributed by atoms with Crippen LogP contribution in [0, 0.1) is 0 Å². The number of ether oxygens (including phenoxy) is 1. The normalized spacial score (nSPS) is 12.8. The molecule has 0 aliphatic heterocycles. The molecule has 0 saturated carbocycles. The first kappa shape index (κ1) is 14.6. The Kier molecular flexibility index (Phi) is 10.3. The first-order valence-electron chi connectivity index (χ1n) is 3.67. The molecule has 0 spiro atoms. The molecule has 1 unspecified atom stereocenters. The smallest absolute Gasteiger partial charge is 0.330 e. The van der Waals surface area contributed by atoms with Crippen LogP contribution >= 0.6 is 0 Å². The van der Waals surface area contributed by atoms with Gasteiger partial charge >= 0.3 is 5.97 Å². The summed E-state index contributed by atoms with van der Waals surface area (Å²) in [5.74, 6) is -0.845. The van der Waals surface area contributed by atoms with Crippen molar-refractivity contribution in [1.29, 1.82) is 0 Å². The number of hydrogen-bond donors (Lipinski definition) is 3. The van der Waals surface area contributed by atoms with Gasteiger partial charge in [-0.3, -0.25) is 0 Å². The molecular formula is C8H16O5. The first-order chi connectivity index (χ1) is 5.99. The van der Waals surface area contributed by atoms with E-state index in [0.717, 1.165) is 0 Å². The average molecular weight is 192 g/mol. The molecule has 1 atom stereocenters. The second-order valence-electron chi connectivity index (χ2n) is 2.15. The molecule has 0 amide bonds. The maximum Gasteiger partial charge on any atom is 0.330 e. The van der Waals surface area contributed by atoms with Crippen molar-refractivity contribution in [2.75, 3.05) is 13.7 Å². The van der Waals surface area contributed by atoms with Gasteiger partial charge in [-0.2, -0.15) is 0 Å². The average Bonchev–Trinajstić information content (AvgIpc) is 2.16. The van der Waals surface area contributed by atoms with E-state index in [2.05, 4.69) is 4.74 Å². The quantitative estimate of drug-likeness (QED) is 0.432. The summed E-state index contributed by atoms with van der Waals surface area (Å²) in [5, 5.41) is 24.3. The molecule has 0 aliphatic carbocycles. The molecule has 5 nitrogen and oxygen atoms in total. The van der Waals surface area contributed by atoms with Crippen LogP contribution in [0.2, 0.25) is 0 Å². The van der Waals surface area contributed by atoms with E-state index in [1.807, 2.05) is 0 Å². The highest BCUT2D eigenvalue weighted by Gasteiger charge is 1.93. The number of carbonyl (C=O) groups is 1. The Morgan fingerprint density at radius 3 is 2.08 bits per heavy atom. The van der Waals surface area contributed by atoms with Crippen molar-refractivity contribution in [3.8, 4) is 0 Å². The van der Waals surface area contributed by atoms with Crippen molar-refractivity contribution in [2.24, 2.45) is 0 Å². The minimum atomic E-state index is -1.01. The summed E-state index contributed by atoms with van der Waals surface area (Å²) < 4.78 is 4.20. The Labute approximate surface area is 77.3 Å². The molecule has 0 saturated heterocycles. The number of carboxylic acid groups (broad SMARTS) is 1. The van der Waals surface area contributed by atoms with Crippen LogP contribution < -0.4 is 0 Å². The number of aliphatic hydroxyl groups is 2. The zero-order chi connectivity index (χ0) is 10.9. The fourth-order valence-electron chi connectivity index (χ4n) is 0.198. The molecule has 0 radical (unpaired) electrons. The van der Waals surface area contributed by atoms with E-state index in [1.165, 1.54) is 7.11 Å². The highest BCUT2D eigenvalue weighted by Crippen LogP contribution is 1.87. The van der Waals surface area contributed by atoms with Gasteiger partial charge in [0.15, 0.2) is 6.29 Å². The third kappa shape index (κ3) is 11.1. The Morgan fingerprint density at radius 2 is 2.08 bits per heavy atom. The standard InChI is InChI=1S/C5H8O2.C3H8O3/c1-3-4(2)5(6)7;1-6-3(5)2-4/h3H,1-2H3,(H,6,7);3-5H,2H2,1H3. The molecule has 0 aromatic rings. The summed E-state index contributed by atoms with van der Waals surface area (Å²) in [6.45, 7) is 2.92. The Hall–Kier alpha value is -0.910. The summed E-state index contributed by atoms with van der Waals surface area (Å²) >= 11 is 0. The molecule has 0 aromatic carbocycles. The maximum atomic E-state index is 9.86. The minimum absolute atomic E-state index is 0.337. The zero-order valence-corrected chi connectivity index (χ0v) is 8.02. The van der Waals surface area contributed by atoms with Gasteiger partial charge in [-0.15, -0.1) is 0 Å². The van der Waals surface area contributed by atoms with Gasteiger partial charge in [-0.1, -0.05) is 6.08 Å². The van der Waals surface area contributed by atoms with Crippen LogP contribution in [0.25, 0.3) is 0 Å². The SMILES string of the molecule is CC=C(C)C(=O)O.COC(O)CO. The molecule has 0 heterocycles. The molecule has 0 bridgehead atoms. The lowest BCUT2D eigenvalue weighted by Gasteiger charge is -1.99. The summed E-state index contributed by atoms with van der Waals surface area (Å²) in [6.07, 6.45) is 0.549. The number of aliphatic carboxylic acids is 1. The van der Waals surface area contributed by atoms with E-state index < -0.39 is 12.3 Å². The fraction of sp³-hybridized carbons (Fsp3) is 0.625. The molecule has 0 aromatic heterocycles. The Bertz CT molecular complexity index is 160. The van der Waals surface area contributed by atoms with Gasteiger partial charge in [0.2, 0.25) is 0 Å². The van der Waals surface area contributed by atoms with E-state index >= 15 is 0 Å². The number of methoxy groups -OCH3 is 1. The third-order valence-electron chi connectivity index (χ3n) is 1.20. The van der Waals surface area contributed by atoms with Crippen LogP contribution in [-0.2, 0) is 9.53 Å². The molecular weight excluding hydrogens is 176 g/mol. The van der Waals surface area contributed by atoms with Crippen LogP contribution in [-0.4, -0.2) is 41.3 Å². The van der Waals surface area contributed by atoms with Gasteiger partial charge in [-0.25, -0.2) is 4.79 Å². The summed E-state index contributed by atoms with van der Waals surface area (Å²) in [7, 11) is 1.32. The van der Waals surface area contributed by atoms with E-state index in [0.29, 0.717) is 5.57 Å². The lowest BCUT2D eigenvalue weighted by Crippen LogP contribution is -2.12. The largest absolute Gasteiger partial charge is 0.478 e. The van der Waals surface area contributed by atoms with Crippen molar-refractivity contribution < 1.29 is 24.9 Å². The van der Waals surface area contributed by atoms with Crippen molar-refractivity contribution in [3.05, 3.63) is 11.6 Å². The second-order valence-corrected chi connectivity index (χ2v) is 2.15. The third-order valence-corrected chi connectivity index (χ3v) is 1.20. The number of rotatable bonds is 3. The Balaban J connectivity index is 0. The molecule has 5 heteroatoms. The van der Waals surface area contributed by atoms with Crippen LogP contribution in [0.5, 0.6) is 0 Å². The van der Waals surface area contributed by atoms with E-state index in [1.54, 1.807) is 19.9 Å². The van der Waals surface area contributed by atoms with Crippen LogP contribution in [0.3, 0.4) is 0 Å². The van der Waals surface area contributed by atoms with Gasteiger partial charge in [-0.05, 0) is 13.8 Å². The van der Waals surface area contributed by atoms with Crippen LogP contribution in [0.4, 0.5) is 0 Å². The van der Waals surface area contributed by atoms with E-state index in [9.17, 15) is 4.79 Å². The molecule has 13 heavy (non-hydrogen) atoms. The number of hydrogen-bond acceptors (Lipinski definition) is 4. The number of carboxylic acids is 1. The van der Waals surface area contributed by atoms with Crippen molar-refractivity contribution in [3.63, 3.8) is 0 Å². The summed E-state index contributed by atoms with van der Waals surface area (Å²) in [4.78, 5) is 9.86. The predicted molar refractivity (Wildman–Crippen MR) is 47.2 cm³/mol. The zero-order valence-electron chi connectivity index (χ0n) is 8.02. The van der Waals surface area contributed by atoms with E-state index in [4.69, 9.17) is 15.3 Å². The van der Waals surface area contributed by atoms with Crippen molar-refractivity contribution in [2.45, 2.75) is 20.1 Å². The highest BCUT2D eigenvalue weighted by atomic mass is 16.6. The Morgan fingerprint density at radius 1 is 1.62 bits per heavy atom. The van der Waals surface area contributed by atoms with Gasteiger partial charge < -0.3 is 20.1 Å². The predicted octanol–water partition coefficient (Wildman–Crippen LogP) is -0.0193. The molecule has 0 fully saturated rings.